The standard InChI is InChI=1S/C15H28N2O/c1-13-4-2-3-8-17(13)11-15(7-9-18-12-15)10-16-14-5-6-14/h13-14,16H,2-12H2,1H3. The van der Waals surface area contributed by atoms with Gasteiger partial charge in [-0.2, -0.15) is 0 Å². The lowest BCUT2D eigenvalue weighted by atomic mass is 9.85. The molecule has 3 fully saturated rings. The van der Waals surface area contributed by atoms with Crippen molar-refractivity contribution in [3.63, 3.8) is 0 Å². The molecule has 0 bridgehead atoms. The van der Waals surface area contributed by atoms with Crippen LogP contribution in [0.5, 0.6) is 0 Å². The number of ether oxygens (including phenoxy) is 1. The van der Waals surface area contributed by atoms with Gasteiger partial charge < -0.3 is 10.1 Å². The lowest BCUT2D eigenvalue weighted by molar-refractivity contribution is 0.0715. The predicted octanol–water partition coefficient (Wildman–Crippen LogP) is 2.02. The number of nitrogens with one attached hydrogen (secondary N) is 1. The number of rotatable bonds is 5. The van der Waals surface area contributed by atoms with E-state index in [1.165, 1.54) is 58.2 Å². The fourth-order valence-electron chi connectivity index (χ4n) is 3.44. The normalized spacial score (nSPS) is 38.2. The molecule has 1 N–H and O–H groups in total. The van der Waals surface area contributed by atoms with Crippen LogP contribution < -0.4 is 5.32 Å². The van der Waals surface area contributed by atoms with E-state index in [2.05, 4.69) is 17.1 Å². The Morgan fingerprint density at radius 1 is 1.28 bits per heavy atom. The van der Waals surface area contributed by atoms with E-state index in [1.807, 2.05) is 0 Å². The smallest absolute Gasteiger partial charge is 0.0547 e. The second kappa shape index (κ2) is 5.48. The quantitative estimate of drug-likeness (QED) is 0.810. The highest BCUT2D eigenvalue weighted by Crippen LogP contribution is 2.32. The molecule has 18 heavy (non-hydrogen) atoms. The average molecular weight is 252 g/mol. The van der Waals surface area contributed by atoms with Gasteiger partial charge in [0.1, 0.15) is 0 Å². The van der Waals surface area contributed by atoms with Crippen LogP contribution in [0.1, 0.15) is 45.4 Å². The molecule has 0 aromatic rings. The lowest BCUT2D eigenvalue weighted by Crippen LogP contribution is -2.49. The van der Waals surface area contributed by atoms with Crippen LogP contribution in [0.4, 0.5) is 0 Å². The van der Waals surface area contributed by atoms with Crippen LogP contribution in [0, 0.1) is 5.41 Å². The number of hydrogen-bond donors (Lipinski definition) is 1. The molecule has 3 nitrogen and oxygen atoms in total. The first-order valence-corrected chi connectivity index (χ1v) is 7.83. The summed E-state index contributed by atoms with van der Waals surface area (Å²) >= 11 is 0. The zero-order chi connectivity index (χ0) is 12.4. The van der Waals surface area contributed by atoms with Crippen molar-refractivity contribution in [1.29, 1.82) is 0 Å². The molecule has 3 aliphatic rings. The molecule has 2 atom stereocenters. The van der Waals surface area contributed by atoms with Crippen molar-refractivity contribution >= 4 is 0 Å². The fraction of sp³-hybridized carbons (Fsp3) is 1.00. The van der Waals surface area contributed by atoms with Gasteiger partial charge in [0, 0.05) is 37.2 Å². The van der Waals surface area contributed by atoms with Gasteiger partial charge in [-0.25, -0.2) is 0 Å². The summed E-state index contributed by atoms with van der Waals surface area (Å²) in [5.41, 5.74) is 0.397. The minimum atomic E-state index is 0.397. The predicted molar refractivity (Wildman–Crippen MR) is 73.8 cm³/mol. The van der Waals surface area contributed by atoms with Gasteiger partial charge in [0.15, 0.2) is 0 Å². The summed E-state index contributed by atoms with van der Waals surface area (Å²) in [6.07, 6.45) is 8.20. The molecule has 1 saturated carbocycles. The molecule has 2 heterocycles. The van der Waals surface area contributed by atoms with Crippen LogP contribution in [0.15, 0.2) is 0 Å². The summed E-state index contributed by atoms with van der Waals surface area (Å²) in [6.45, 7) is 8.04. The van der Waals surface area contributed by atoms with E-state index < -0.39 is 0 Å². The average Bonchev–Trinajstić information content (AvgIpc) is 3.10. The van der Waals surface area contributed by atoms with Gasteiger partial charge in [-0.15, -0.1) is 0 Å². The first kappa shape index (κ1) is 12.9. The van der Waals surface area contributed by atoms with Crippen LogP contribution in [-0.2, 0) is 4.74 Å². The topological polar surface area (TPSA) is 24.5 Å². The van der Waals surface area contributed by atoms with Crippen LogP contribution in [-0.4, -0.2) is 49.8 Å². The fourth-order valence-corrected chi connectivity index (χ4v) is 3.44. The van der Waals surface area contributed by atoms with E-state index in [-0.39, 0.29) is 0 Å². The third-order valence-electron chi connectivity index (χ3n) is 5.01. The van der Waals surface area contributed by atoms with Crippen LogP contribution >= 0.6 is 0 Å². The third-order valence-corrected chi connectivity index (χ3v) is 5.01. The largest absolute Gasteiger partial charge is 0.381 e. The molecule has 0 amide bonds. The van der Waals surface area contributed by atoms with Gasteiger partial charge in [-0.1, -0.05) is 6.42 Å². The van der Waals surface area contributed by atoms with Crippen LogP contribution in [0.3, 0.4) is 0 Å². The van der Waals surface area contributed by atoms with Gasteiger partial charge in [0.25, 0.3) is 0 Å². The summed E-state index contributed by atoms with van der Waals surface area (Å²) < 4.78 is 5.72. The Hall–Kier alpha value is -0.120. The van der Waals surface area contributed by atoms with Crippen molar-refractivity contribution in [3.05, 3.63) is 0 Å². The van der Waals surface area contributed by atoms with Crippen LogP contribution in [0.2, 0.25) is 0 Å². The molecular weight excluding hydrogens is 224 g/mol. The lowest BCUT2D eigenvalue weighted by Gasteiger charge is -2.40. The Balaban J connectivity index is 1.57. The van der Waals surface area contributed by atoms with Gasteiger partial charge >= 0.3 is 0 Å². The first-order valence-electron chi connectivity index (χ1n) is 7.83. The monoisotopic (exact) mass is 252 g/mol. The Morgan fingerprint density at radius 3 is 2.83 bits per heavy atom. The maximum Gasteiger partial charge on any atom is 0.0547 e. The zero-order valence-electron chi connectivity index (χ0n) is 11.8. The maximum absolute atomic E-state index is 5.72. The Bertz CT molecular complexity index is 272. The van der Waals surface area contributed by atoms with E-state index in [1.54, 1.807) is 0 Å². The second-order valence-corrected chi connectivity index (χ2v) is 6.77. The molecule has 2 unspecified atom stereocenters. The Morgan fingerprint density at radius 2 is 2.17 bits per heavy atom. The van der Waals surface area contributed by atoms with E-state index in [0.717, 1.165) is 25.3 Å². The molecule has 3 heteroatoms. The minimum Gasteiger partial charge on any atom is -0.381 e. The first-order chi connectivity index (χ1) is 8.77. The summed E-state index contributed by atoms with van der Waals surface area (Å²) in [6, 6.07) is 1.60. The zero-order valence-corrected chi connectivity index (χ0v) is 11.8. The van der Waals surface area contributed by atoms with E-state index in [9.17, 15) is 0 Å². The van der Waals surface area contributed by atoms with E-state index in [0.29, 0.717) is 5.41 Å². The highest BCUT2D eigenvalue weighted by molar-refractivity contribution is 4.93. The van der Waals surface area contributed by atoms with Crippen LogP contribution in [0.25, 0.3) is 0 Å². The SMILES string of the molecule is CC1CCCCN1CC1(CNC2CC2)CCOC1. The molecule has 0 radical (unpaired) electrons. The van der Waals surface area contributed by atoms with E-state index in [4.69, 9.17) is 4.74 Å². The van der Waals surface area contributed by atoms with Gasteiger partial charge in [0.05, 0.1) is 6.61 Å². The minimum absolute atomic E-state index is 0.397. The van der Waals surface area contributed by atoms with Crippen molar-refractivity contribution in [3.8, 4) is 0 Å². The van der Waals surface area contributed by atoms with Crippen molar-refractivity contribution < 1.29 is 4.74 Å². The van der Waals surface area contributed by atoms with Crippen molar-refractivity contribution in [2.75, 3.05) is 32.8 Å². The molecule has 0 aromatic carbocycles. The molecular formula is C15H28N2O. The summed E-state index contributed by atoms with van der Waals surface area (Å²) in [5, 5.41) is 3.74. The molecule has 0 spiro atoms. The van der Waals surface area contributed by atoms with Gasteiger partial charge in [-0.3, -0.25) is 4.90 Å². The Kier molecular flexibility index (Phi) is 3.92. The maximum atomic E-state index is 5.72. The molecule has 104 valence electrons. The number of piperidine rings is 1. The van der Waals surface area contributed by atoms with Crippen molar-refractivity contribution in [2.24, 2.45) is 5.41 Å². The highest BCUT2D eigenvalue weighted by Gasteiger charge is 2.39. The number of likely N-dealkylation sites (tertiary alicyclic amines) is 1. The molecule has 2 saturated heterocycles. The number of nitrogens with zero attached hydrogens (tertiary/aromatic N) is 1. The summed E-state index contributed by atoms with van der Waals surface area (Å²) in [7, 11) is 0. The Labute approximate surface area is 111 Å². The van der Waals surface area contributed by atoms with Crippen molar-refractivity contribution in [1.82, 2.24) is 10.2 Å². The van der Waals surface area contributed by atoms with Gasteiger partial charge in [-0.05, 0) is 45.6 Å². The van der Waals surface area contributed by atoms with Gasteiger partial charge in [0.2, 0.25) is 0 Å². The molecule has 3 rings (SSSR count). The van der Waals surface area contributed by atoms with Crippen molar-refractivity contribution in [2.45, 2.75) is 57.5 Å². The highest BCUT2D eigenvalue weighted by atomic mass is 16.5. The molecule has 2 aliphatic heterocycles. The number of hydrogen-bond acceptors (Lipinski definition) is 3. The summed E-state index contributed by atoms with van der Waals surface area (Å²) in [4.78, 5) is 2.72. The molecule has 1 aliphatic carbocycles. The third kappa shape index (κ3) is 3.06. The van der Waals surface area contributed by atoms with E-state index >= 15 is 0 Å². The summed E-state index contributed by atoms with van der Waals surface area (Å²) in [5.74, 6) is 0. The molecule has 0 aromatic heterocycles. The second-order valence-electron chi connectivity index (χ2n) is 6.77.